The topological polar surface area (TPSA) is 149 Å². The lowest BCUT2D eigenvalue weighted by Gasteiger charge is -2.41. The van der Waals surface area contributed by atoms with Crippen molar-refractivity contribution in [2.75, 3.05) is 12.4 Å². The molecule has 3 aromatic rings. The normalized spacial score (nSPS) is 22.5. The fourth-order valence-electron chi connectivity index (χ4n) is 4.40. The van der Waals surface area contributed by atoms with Crippen LogP contribution in [0.15, 0.2) is 71.6 Å². The zero-order valence-electron chi connectivity index (χ0n) is 21.6. The van der Waals surface area contributed by atoms with Gasteiger partial charge in [-0.2, -0.15) is 0 Å². The lowest BCUT2D eigenvalue weighted by molar-refractivity contribution is -0.218. The summed E-state index contributed by atoms with van der Waals surface area (Å²) in [6, 6.07) is 19.7. The minimum absolute atomic E-state index is 0.107. The van der Waals surface area contributed by atoms with Gasteiger partial charge in [0.15, 0.2) is 0 Å². The van der Waals surface area contributed by atoms with Crippen molar-refractivity contribution < 1.29 is 39.1 Å². The zero-order valence-corrected chi connectivity index (χ0v) is 23.2. The minimum atomic E-state index is -1.42. The van der Waals surface area contributed by atoms with Gasteiger partial charge >= 0.3 is 12.1 Å². The predicted molar refractivity (Wildman–Crippen MR) is 150 cm³/mol. The Balaban J connectivity index is 1.46. The summed E-state index contributed by atoms with van der Waals surface area (Å²) in [5.74, 6) is 0.268. The first-order valence-corrected chi connectivity index (χ1v) is 14.0. The highest BCUT2D eigenvalue weighted by molar-refractivity contribution is 7.99. The van der Waals surface area contributed by atoms with Gasteiger partial charge in [-0.25, -0.2) is 4.79 Å². The Labute approximate surface area is 240 Å². The van der Waals surface area contributed by atoms with Crippen molar-refractivity contribution in [3.8, 4) is 16.9 Å². The summed E-state index contributed by atoms with van der Waals surface area (Å²) in [6.45, 7) is 2.47. The molecule has 5 unspecified atom stereocenters. The van der Waals surface area contributed by atoms with Gasteiger partial charge in [0, 0.05) is 21.2 Å². The van der Waals surface area contributed by atoms with Crippen LogP contribution >= 0.6 is 23.4 Å². The Kier molecular flexibility index (Phi) is 10.1. The van der Waals surface area contributed by atoms with Crippen LogP contribution in [-0.4, -0.2) is 64.2 Å². The summed E-state index contributed by atoms with van der Waals surface area (Å²) in [7, 11) is 0. The number of benzene rings is 3. The molecule has 0 aliphatic carbocycles. The molecule has 1 heterocycles. The van der Waals surface area contributed by atoms with Crippen molar-refractivity contribution in [3.05, 3.63) is 82.9 Å². The maximum absolute atomic E-state index is 11.6. The van der Waals surface area contributed by atoms with E-state index in [1.165, 1.54) is 11.8 Å². The number of rotatable bonds is 9. The Morgan fingerprint density at radius 1 is 0.975 bits per heavy atom. The molecule has 3 aromatic carbocycles. The van der Waals surface area contributed by atoms with Gasteiger partial charge in [-0.05, 0) is 60.0 Å². The molecule has 1 fully saturated rings. The summed E-state index contributed by atoms with van der Waals surface area (Å²) >= 11 is 7.87. The van der Waals surface area contributed by atoms with Crippen LogP contribution in [0.3, 0.4) is 0 Å². The molecule has 0 aromatic heterocycles. The van der Waals surface area contributed by atoms with Crippen molar-refractivity contribution in [2.45, 2.75) is 48.8 Å². The van der Waals surface area contributed by atoms with E-state index in [1.54, 1.807) is 36.4 Å². The number of carbonyl (C=O) groups excluding carboxylic acids is 2. The smallest absolute Gasteiger partial charge is 0.412 e. The number of hydrogen-bond donors (Lipinski definition) is 4. The molecular weight excluding hydrogens is 558 g/mol. The number of thioether (sulfide) groups is 1. The van der Waals surface area contributed by atoms with Crippen molar-refractivity contribution in [1.82, 2.24) is 0 Å². The molecule has 0 bridgehead atoms. The highest BCUT2D eigenvalue weighted by Gasteiger charge is 2.44. The Bertz CT molecular complexity index is 1320. The van der Waals surface area contributed by atoms with Crippen molar-refractivity contribution in [2.24, 2.45) is 5.73 Å². The first kappa shape index (κ1) is 29.9. The van der Waals surface area contributed by atoms with Crippen LogP contribution < -0.4 is 10.5 Å². The van der Waals surface area contributed by atoms with E-state index in [9.17, 15) is 24.9 Å². The molecule has 5 atom stereocenters. The number of halogens is 1. The van der Waals surface area contributed by atoms with E-state index in [0.717, 1.165) is 21.8 Å². The van der Waals surface area contributed by atoms with E-state index >= 15 is 0 Å². The molecule has 0 saturated carbocycles. The average molecular weight is 588 g/mol. The second-order valence-corrected chi connectivity index (χ2v) is 10.7. The highest BCUT2D eigenvalue weighted by atomic mass is 35.5. The molecule has 212 valence electrons. The lowest BCUT2D eigenvalue weighted by Crippen LogP contribution is -2.54. The Morgan fingerprint density at radius 2 is 1.68 bits per heavy atom. The number of aliphatic hydroxyl groups excluding tert-OH is 3. The third-order valence-corrected chi connectivity index (χ3v) is 7.84. The number of hydrogen-bond acceptors (Lipinski definition) is 9. The van der Waals surface area contributed by atoms with Crippen LogP contribution in [0.5, 0.6) is 5.75 Å². The average Bonchev–Trinajstić information content (AvgIpc) is 2.93. The summed E-state index contributed by atoms with van der Waals surface area (Å²) in [6.07, 6.45) is -7.04. The monoisotopic (exact) mass is 587 g/mol. The molecule has 1 amide bonds. The van der Waals surface area contributed by atoms with E-state index in [0.29, 0.717) is 22.8 Å². The maximum atomic E-state index is 11.6. The number of nitrogens with two attached hydrogens (primary N) is 1. The third-order valence-electron chi connectivity index (χ3n) is 6.41. The summed E-state index contributed by atoms with van der Waals surface area (Å²) in [5, 5.41) is 32.6. The quantitative estimate of drug-likeness (QED) is 0.166. The number of carbonyl (C=O) groups is 2. The predicted octanol–water partition coefficient (Wildman–Crippen LogP) is 3.89. The molecule has 0 spiro atoms. The molecule has 40 heavy (non-hydrogen) atoms. The molecule has 1 aliphatic heterocycles. The van der Waals surface area contributed by atoms with Gasteiger partial charge in [0.1, 0.15) is 30.2 Å². The van der Waals surface area contributed by atoms with Crippen LogP contribution in [0.25, 0.3) is 11.1 Å². The van der Waals surface area contributed by atoms with E-state index in [4.69, 9.17) is 26.8 Å². The number of aliphatic hydroxyl groups is 3. The maximum Gasteiger partial charge on any atom is 0.412 e. The summed E-state index contributed by atoms with van der Waals surface area (Å²) in [4.78, 5) is 23.1. The molecule has 11 heteroatoms. The molecule has 1 aliphatic rings. The van der Waals surface area contributed by atoms with Crippen molar-refractivity contribution in [1.29, 1.82) is 0 Å². The van der Waals surface area contributed by atoms with Gasteiger partial charge in [-0.15, -0.1) is 11.8 Å². The van der Waals surface area contributed by atoms with Gasteiger partial charge in [0.2, 0.25) is 0 Å². The molecular formula is C29H30ClNO8S. The fraction of sp³-hybridized carbons (Fsp3) is 0.310. The highest BCUT2D eigenvalue weighted by Crippen LogP contribution is 2.38. The number of ether oxygens (including phenoxy) is 3. The van der Waals surface area contributed by atoms with Crippen molar-refractivity contribution in [3.63, 3.8) is 0 Å². The Morgan fingerprint density at radius 3 is 2.33 bits per heavy atom. The molecule has 1 saturated heterocycles. The SMILES string of the molecule is CCOc1ccc(-c2cc(C3OC(CSc4ccc(CC(=O)OC(N)=O)cc4)C(O)C(O)C3O)ccc2Cl)cc1. The zero-order chi connectivity index (χ0) is 28.8. The van der Waals surface area contributed by atoms with Crippen LogP contribution in [0, 0.1) is 0 Å². The lowest BCUT2D eigenvalue weighted by atomic mass is 9.90. The largest absolute Gasteiger partial charge is 0.494 e. The third kappa shape index (κ3) is 7.34. The second-order valence-electron chi connectivity index (χ2n) is 9.19. The van der Waals surface area contributed by atoms with Crippen LogP contribution in [0.1, 0.15) is 24.2 Å². The van der Waals surface area contributed by atoms with Crippen LogP contribution in [-0.2, 0) is 20.7 Å². The van der Waals surface area contributed by atoms with Crippen LogP contribution in [0.2, 0.25) is 5.02 Å². The molecule has 9 nitrogen and oxygen atoms in total. The van der Waals surface area contributed by atoms with E-state index in [-0.39, 0.29) is 12.2 Å². The number of esters is 1. The van der Waals surface area contributed by atoms with E-state index in [1.807, 2.05) is 37.3 Å². The first-order chi connectivity index (χ1) is 19.2. The van der Waals surface area contributed by atoms with E-state index in [2.05, 4.69) is 4.74 Å². The van der Waals surface area contributed by atoms with Gasteiger partial charge in [-0.1, -0.05) is 41.9 Å². The number of primary amides is 1. The standard InChI is InChI=1S/C29H30ClNO8S/c1-2-37-19-8-5-17(6-9-19)21-14-18(7-12-22(21)30)28-27(35)26(34)25(33)23(38-28)15-40-20-10-3-16(4-11-20)13-24(32)39-29(31)36/h3-12,14,23,25-28,33-35H,2,13,15H2,1H3,(H2,31,36). The van der Waals surface area contributed by atoms with Gasteiger partial charge in [0.05, 0.1) is 19.1 Å². The van der Waals surface area contributed by atoms with Gasteiger partial charge < -0.3 is 35.3 Å². The van der Waals surface area contributed by atoms with Crippen molar-refractivity contribution >= 4 is 35.4 Å². The van der Waals surface area contributed by atoms with Gasteiger partial charge in [-0.3, -0.25) is 4.79 Å². The Hall–Kier alpha value is -3.12. The minimum Gasteiger partial charge on any atom is -0.494 e. The van der Waals surface area contributed by atoms with E-state index < -0.39 is 42.6 Å². The van der Waals surface area contributed by atoms with Crippen LogP contribution in [0.4, 0.5) is 4.79 Å². The molecule has 5 N–H and O–H groups in total. The molecule has 4 rings (SSSR count). The number of amides is 1. The first-order valence-electron chi connectivity index (χ1n) is 12.6. The molecule has 0 radical (unpaired) electrons. The summed E-state index contributed by atoms with van der Waals surface area (Å²) in [5.41, 5.74) is 7.66. The fourth-order valence-corrected chi connectivity index (χ4v) is 5.59. The van der Waals surface area contributed by atoms with Gasteiger partial charge in [0.25, 0.3) is 0 Å². The second kappa shape index (κ2) is 13.5. The summed E-state index contributed by atoms with van der Waals surface area (Å²) < 4.78 is 16.0.